The first kappa shape index (κ1) is 7.15. The summed E-state index contributed by atoms with van der Waals surface area (Å²) in [7, 11) is 0. The van der Waals surface area contributed by atoms with Gasteiger partial charge in [-0.2, -0.15) is 5.10 Å². The van der Waals surface area contributed by atoms with E-state index in [1.165, 1.54) is 11.9 Å². The van der Waals surface area contributed by atoms with Crippen LogP contribution >= 0.6 is 11.9 Å². The molecule has 11 heavy (non-hydrogen) atoms. The fourth-order valence-electron chi connectivity index (χ4n) is 1.12. The van der Waals surface area contributed by atoms with Crippen LogP contribution in [0, 0.1) is 0 Å². The molecule has 0 spiro atoms. The van der Waals surface area contributed by atoms with Crippen molar-refractivity contribution in [3.05, 3.63) is 11.8 Å². The zero-order valence-corrected chi connectivity index (χ0v) is 6.80. The number of rotatable bonds is 1. The minimum Gasteiger partial charge on any atom is -0.373 e. The molecule has 0 aromatic carbocycles. The van der Waals surface area contributed by atoms with Crippen LogP contribution in [0.5, 0.6) is 0 Å². The summed E-state index contributed by atoms with van der Waals surface area (Å²) in [5.74, 6) is 0. The number of fused-ring (bicyclic) bond motifs is 1. The highest BCUT2D eigenvalue weighted by Crippen LogP contribution is 2.15. The van der Waals surface area contributed by atoms with Gasteiger partial charge in [0.2, 0.25) is 0 Å². The van der Waals surface area contributed by atoms with E-state index in [0.717, 1.165) is 23.9 Å². The summed E-state index contributed by atoms with van der Waals surface area (Å²) in [6.07, 6.45) is 0. The van der Waals surface area contributed by atoms with Crippen LogP contribution < -0.4 is 5.14 Å². The average Bonchev–Trinajstić information content (AvgIpc) is 2.46. The summed E-state index contributed by atoms with van der Waals surface area (Å²) in [6, 6.07) is 1.96. The lowest BCUT2D eigenvalue weighted by atomic mass is 10.4. The van der Waals surface area contributed by atoms with Crippen molar-refractivity contribution in [2.75, 3.05) is 6.61 Å². The Hall–Kier alpha value is -0.520. The Labute approximate surface area is 68.8 Å². The Bertz CT molecular complexity index is 237. The average molecular weight is 171 g/mol. The van der Waals surface area contributed by atoms with Crippen molar-refractivity contribution < 1.29 is 4.74 Å². The lowest BCUT2D eigenvalue weighted by Crippen LogP contribution is -2.16. The molecule has 0 unspecified atom stereocenters. The third-order valence-electron chi connectivity index (χ3n) is 1.66. The van der Waals surface area contributed by atoms with Crippen LogP contribution in [0.3, 0.4) is 0 Å². The number of hydrogen-bond acceptors (Lipinski definition) is 4. The number of ether oxygens (including phenoxy) is 1. The number of nitrogens with two attached hydrogens (primary N) is 1. The Morgan fingerprint density at radius 3 is 3.36 bits per heavy atom. The van der Waals surface area contributed by atoms with Crippen molar-refractivity contribution >= 4 is 11.9 Å². The standard InChI is InChI=1S/C6H9N3OS/c7-11-6-3-5-4-10-2-1-9(5)8-6/h3H,1-2,4,7H2. The van der Waals surface area contributed by atoms with E-state index in [2.05, 4.69) is 5.10 Å². The largest absolute Gasteiger partial charge is 0.373 e. The fraction of sp³-hybridized carbons (Fsp3) is 0.500. The van der Waals surface area contributed by atoms with Gasteiger partial charge in [-0.05, 0) is 18.0 Å². The van der Waals surface area contributed by atoms with Crippen LogP contribution in [-0.2, 0) is 17.9 Å². The highest BCUT2D eigenvalue weighted by molar-refractivity contribution is 7.97. The van der Waals surface area contributed by atoms with Crippen molar-refractivity contribution in [1.29, 1.82) is 0 Å². The molecule has 0 saturated carbocycles. The second-order valence-corrected chi connectivity index (χ2v) is 3.02. The van der Waals surface area contributed by atoms with E-state index >= 15 is 0 Å². The quantitative estimate of drug-likeness (QED) is 0.621. The molecular formula is C6H9N3OS. The van der Waals surface area contributed by atoms with E-state index in [1.54, 1.807) is 0 Å². The number of hydrogen-bond donors (Lipinski definition) is 1. The molecule has 0 fully saturated rings. The molecule has 0 radical (unpaired) electrons. The van der Waals surface area contributed by atoms with Gasteiger partial charge in [-0.3, -0.25) is 9.82 Å². The molecule has 1 aromatic rings. The van der Waals surface area contributed by atoms with E-state index in [1.807, 2.05) is 10.7 Å². The zero-order chi connectivity index (χ0) is 7.68. The molecule has 5 heteroatoms. The first-order valence-corrected chi connectivity index (χ1v) is 4.29. The molecule has 60 valence electrons. The summed E-state index contributed by atoms with van der Waals surface area (Å²) < 4.78 is 7.19. The molecule has 1 aromatic heterocycles. The van der Waals surface area contributed by atoms with Gasteiger partial charge in [-0.15, -0.1) is 0 Å². The van der Waals surface area contributed by atoms with Crippen LogP contribution in [0.4, 0.5) is 0 Å². The predicted octanol–water partition coefficient (Wildman–Crippen LogP) is 0.379. The molecule has 0 aliphatic carbocycles. The molecule has 0 amide bonds. The van der Waals surface area contributed by atoms with Crippen molar-refractivity contribution in [2.24, 2.45) is 5.14 Å². The van der Waals surface area contributed by atoms with Gasteiger partial charge in [-0.25, -0.2) is 0 Å². The minimum atomic E-state index is 0.660. The van der Waals surface area contributed by atoms with Crippen LogP contribution in [0.25, 0.3) is 0 Å². The normalized spacial score (nSPS) is 16.5. The number of nitrogens with zero attached hydrogens (tertiary/aromatic N) is 2. The van der Waals surface area contributed by atoms with E-state index < -0.39 is 0 Å². The molecule has 0 atom stereocenters. The third-order valence-corrected chi connectivity index (χ3v) is 2.10. The van der Waals surface area contributed by atoms with Crippen LogP contribution in [0.1, 0.15) is 5.69 Å². The smallest absolute Gasteiger partial charge is 0.133 e. The maximum atomic E-state index is 5.36. The second-order valence-electron chi connectivity index (χ2n) is 2.37. The van der Waals surface area contributed by atoms with Crippen molar-refractivity contribution in [3.63, 3.8) is 0 Å². The van der Waals surface area contributed by atoms with Gasteiger partial charge in [-0.1, -0.05) is 0 Å². The molecule has 2 N–H and O–H groups in total. The number of aromatic nitrogens is 2. The first-order valence-electron chi connectivity index (χ1n) is 3.41. The molecule has 1 aliphatic rings. The fourth-order valence-corrected chi connectivity index (χ4v) is 1.47. The highest BCUT2D eigenvalue weighted by Gasteiger charge is 2.11. The van der Waals surface area contributed by atoms with Crippen LogP contribution in [0.15, 0.2) is 11.1 Å². The summed E-state index contributed by atoms with van der Waals surface area (Å²) >= 11 is 1.17. The SMILES string of the molecule is NSc1cc2n(n1)CCOC2. The Balaban J connectivity index is 2.32. The van der Waals surface area contributed by atoms with Gasteiger partial charge in [0.05, 0.1) is 25.5 Å². The van der Waals surface area contributed by atoms with Crippen molar-refractivity contribution in [1.82, 2.24) is 9.78 Å². The lowest BCUT2D eigenvalue weighted by Gasteiger charge is -2.12. The Morgan fingerprint density at radius 2 is 2.64 bits per heavy atom. The molecule has 2 rings (SSSR count). The third kappa shape index (κ3) is 1.26. The topological polar surface area (TPSA) is 53.1 Å². The van der Waals surface area contributed by atoms with Gasteiger partial charge in [0.25, 0.3) is 0 Å². The van der Waals surface area contributed by atoms with E-state index in [9.17, 15) is 0 Å². The van der Waals surface area contributed by atoms with E-state index in [0.29, 0.717) is 6.61 Å². The van der Waals surface area contributed by atoms with E-state index in [4.69, 9.17) is 9.88 Å². The van der Waals surface area contributed by atoms with Crippen LogP contribution in [-0.4, -0.2) is 16.4 Å². The molecule has 0 saturated heterocycles. The molecular weight excluding hydrogens is 162 g/mol. The van der Waals surface area contributed by atoms with Gasteiger partial charge in [0.1, 0.15) is 5.03 Å². The van der Waals surface area contributed by atoms with Gasteiger partial charge in [0, 0.05) is 0 Å². The highest BCUT2D eigenvalue weighted by atomic mass is 32.2. The zero-order valence-electron chi connectivity index (χ0n) is 5.99. The molecule has 1 aliphatic heterocycles. The van der Waals surface area contributed by atoms with Gasteiger partial charge >= 0.3 is 0 Å². The Morgan fingerprint density at radius 1 is 1.73 bits per heavy atom. The minimum absolute atomic E-state index is 0.660. The van der Waals surface area contributed by atoms with E-state index in [-0.39, 0.29) is 0 Å². The Kier molecular flexibility index (Phi) is 1.85. The van der Waals surface area contributed by atoms with Crippen molar-refractivity contribution in [2.45, 2.75) is 18.2 Å². The molecule has 4 nitrogen and oxygen atoms in total. The monoisotopic (exact) mass is 171 g/mol. The maximum Gasteiger partial charge on any atom is 0.133 e. The first-order chi connectivity index (χ1) is 5.40. The molecule has 0 bridgehead atoms. The summed E-state index contributed by atoms with van der Waals surface area (Å²) in [6.45, 7) is 2.26. The lowest BCUT2D eigenvalue weighted by molar-refractivity contribution is 0.0799. The van der Waals surface area contributed by atoms with Gasteiger partial charge in [0.15, 0.2) is 0 Å². The summed E-state index contributed by atoms with van der Waals surface area (Å²) in [4.78, 5) is 0. The van der Waals surface area contributed by atoms with Gasteiger partial charge < -0.3 is 4.74 Å². The predicted molar refractivity (Wildman–Crippen MR) is 41.9 cm³/mol. The molecule has 2 heterocycles. The maximum absolute atomic E-state index is 5.36. The summed E-state index contributed by atoms with van der Waals surface area (Å²) in [5.41, 5.74) is 1.12. The summed E-state index contributed by atoms with van der Waals surface area (Å²) in [5, 5.41) is 10.5. The second kappa shape index (κ2) is 2.84. The van der Waals surface area contributed by atoms with Crippen LogP contribution in [0.2, 0.25) is 0 Å². The van der Waals surface area contributed by atoms with Crippen molar-refractivity contribution in [3.8, 4) is 0 Å².